The van der Waals surface area contributed by atoms with Crippen LogP contribution in [0.2, 0.25) is 0 Å². The van der Waals surface area contributed by atoms with Gasteiger partial charge < -0.3 is 15.2 Å². The number of ether oxygens (including phenoxy) is 1. The zero-order valence-corrected chi connectivity index (χ0v) is 18.0. The Balaban J connectivity index is 0.00000225. The summed E-state index contributed by atoms with van der Waals surface area (Å²) >= 11 is 1.72. The van der Waals surface area contributed by atoms with Gasteiger partial charge in [0, 0.05) is 35.3 Å². The minimum absolute atomic E-state index is 0. The third-order valence-corrected chi connectivity index (χ3v) is 7.41. The first kappa shape index (κ1) is 21.7. The van der Waals surface area contributed by atoms with Crippen molar-refractivity contribution in [2.45, 2.75) is 69.1 Å². The number of thiophene rings is 1. The van der Waals surface area contributed by atoms with Crippen molar-refractivity contribution in [3.05, 3.63) is 52.0 Å². The average molecular weight is 423 g/mol. The van der Waals surface area contributed by atoms with Gasteiger partial charge in [-0.05, 0) is 67.8 Å². The number of aliphatic hydroxyl groups is 1. The summed E-state index contributed by atoms with van der Waals surface area (Å²) in [6.07, 6.45) is 10.1. The number of hydrogen-bond acceptors (Lipinski definition) is 5. The molecule has 0 unspecified atom stereocenters. The van der Waals surface area contributed by atoms with Gasteiger partial charge >= 0.3 is 0 Å². The topological polar surface area (TPSA) is 54.4 Å². The van der Waals surface area contributed by atoms with Crippen molar-refractivity contribution >= 4 is 23.7 Å². The molecule has 4 rings (SSSR count). The van der Waals surface area contributed by atoms with E-state index >= 15 is 0 Å². The molecule has 0 aromatic carbocycles. The molecule has 0 amide bonds. The Morgan fingerprint density at radius 3 is 2.79 bits per heavy atom. The summed E-state index contributed by atoms with van der Waals surface area (Å²) < 4.78 is 6.32. The van der Waals surface area contributed by atoms with E-state index in [-0.39, 0.29) is 30.0 Å². The highest BCUT2D eigenvalue weighted by molar-refractivity contribution is 7.10. The first-order chi connectivity index (χ1) is 13.3. The Morgan fingerprint density at radius 2 is 2.04 bits per heavy atom. The van der Waals surface area contributed by atoms with Gasteiger partial charge in [-0.15, -0.1) is 23.7 Å². The Hall–Kier alpha value is -0.980. The molecule has 3 heterocycles. The van der Waals surface area contributed by atoms with E-state index in [4.69, 9.17) is 9.72 Å². The van der Waals surface area contributed by atoms with Crippen LogP contribution in [0.3, 0.4) is 0 Å². The molecule has 1 aliphatic carbocycles. The molecule has 1 spiro atoms. The van der Waals surface area contributed by atoms with Gasteiger partial charge in [-0.2, -0.15) is 0 Å². The summed E-state index contributed by atoms with van der Waals surface area (Å²) in [6.45, 7) is 2.75. The molecule has 2 aromatic rings. The number of rotatable bonds is 7. The minimum Gasteiger partial charge on any atom is -0.392 e. The standard InChI is InChI=1S/C22H30N2O2S.ClH/c25-16-18-6-14-27-19(18)15-23-12-9-21(20-5-1-4-11-24-20)10-13-26-22(17-21)7-2-3-8-22;/h1,4-6,11,14,23,25H,2-3,7-10,12-13,15-17H2;1H/t21-;/m1./s1. The summed E-state index contributed by atoms with van der Waals surface area (Å²) in [4.78, 5) is 6.01. The van der Waals surface area contributed by atoms with E-state index in [1.165, 1.54) is 36.3 Å². The molecule has 4 nitrogen and oxygen atoms in total. The zero-order chi connectivity index (χ0) is 18.6. The lowest BCUT2D eigenvalue weighted by molar-refractivity contribution is -0.104. The predicted molar refractivity (Wildman–Crippen MR) is 116 cm³/mol. The maximum Gasteiger partial charge on any atom is 0.0693 e. The molecule has 6 heteroatoms. The molecule has 28 heavy (non-hydrogen) atoms. The highest BCUT2D eigenvalue weighted by atomic mass is 35.5. The van der Waals surface area contributed by atoms with Gasteiger partial charge in [-0.25, -0.2) is 0 Å². The summed E-state index contributed by atoms with van der Waals surface area (Å²) in [5, 5.41) is 15.1. The van der Waals surface area contributed by atoms with Crippen molar-refractivity contribution in [2.75, 3.05) is 13.2 Å². The molecule has 1 aliphatic heterocycles. The maximum atomic E-state index is 9.43. The first-order valence-corrected chi connectivity index (χ1v) is 11.1. The molecule has 2 aromatic heterocycles. The zero-order valence-electron chi connectivity index (χ0n) is 16.4. The van der Waals surface area contributed by atoms with Crippen LogP contribution in [0.15, 0.2) is 35.8 Å². The van der Waals surface area contributed by atoms with Gasteiger partial charge in [0.25, 0.3) is 0 Å². The van der Waals surface area contributed by atoms with Gasteiger partial charge in [0.05, 0.1) is 12.2 Å². The van der Waals surface area contributed by atoms with Gasteiger partial charge in [-0.1, -0.05) is 18.9 Å². The second kappa shape index (κ2) is 9.68. The van der Waals surface area contributed by atoms with E-state index in [9.17, 15) is 5.11 Å². The largest absolute Gasteiger partial charge is 0.392 e. The van der Waals surface area contributed by atoms with Crippen LogP contribution >= 0.6 is 23.7 Å². The van der Waals surface area contributed by atoms with Crippen molar-refractivity contribution < 1.29 is 9.84 Å². The fraction of sp³-hybridized carbons (Fsp3) is 0.591. The predicted octanol–water partition coefficient (Wildman–Crippen LogP) is 4.60. The molecule has 0 bridgehead atoms. The summed E-state index contributed by atoms with van der Waals surface area (Å²) in [5.41, 5.74) is 2.45. The molecule has 154 valence electrons. The SMILES string of the molecule is Cl.OCc1ccsc1CNCC[C@@]1(c2ccccn2)CCOC2(CCCC2)C1. The van der Waals surface area contributed by atoms with Crippen LogP contribution in [0.4, 0.5) is 0 Å². The van der Waals surface area contributed by atoms with Crippen LogP contribution < -0.4 is 5.32 Å². The molecule has 2 fully saturated rings. The quantitative estimate of drug-likeness (QED) is 0.640. The molecular weight excluding hydrogens is 392 g/mol. The van der Waals surface area contributed by atoms with Crippen LogP contribution in [0.25, 0.3) is 0 Å². The second-order valence-corrected chi connectivity index (χ2v) is 9.12. The molecule has 1 saturated heterocycles. The van der Waals surface area contributed by atoms with Gasteiger partial charge in [0.2, 0.25) is 0 Å². The van der Waals surface area contributed by atoms with Crippen molar-refractivity contribution in [2.24, 2.45) is 0 Å². The van der Waals surface area contributed by atoms with E-state index in [2.05, 4.69) is 22.8 Å². The van der Waals surface area contributed by atoms with Gasteiger partial charge in [-0.3, -0.25) is 4.98 Å². The molecular formula is C22H31ClN2O2S. The summed E-state index contributed by atoms with van der Waals surface area (Å²) in [5.74, 6) is 0. The summed E-state index contributed by atoms with van der Waals surface area (Å²) in [6, 6.07) is 8.34. The van der Waals surface area contributed by atoms with Gasteiger partial charge in [0.15, 0.2) is 0 Å². The summed E-state index contributed by atoms with van der Waals surface area (Å²) in [7, 11) is 0. The van der Waals surface area contributed by atoms with E-state index in [0.717, 1.165) is 44.5 Å². The van der Waals surface area contributed by atoms with Crippen molar-refractivity contribution in [3.63, 3.8) is 0 Å². The van der Waals surface area contributed by atoms with Crippen LogP contribution in [0.1, 0.15) is 61.1 Å². The number of nitrogens with one attached hydrogen (secondary N) is 1. The van der Waals surface area contributed by atoms with Crippen molar-refractivity contribution in [1.82, 2.24) is 10.3 Å². The number of nitrogens with zero attached hydrogens (tertiary/aromatic N) is 1. The van der Waals surface area contributed by atoms with E-state index in [1.807, 2.05) is 18.3 Å². The van der Waals surface area contributed by atoms with Crippen LogP contribution in [0.5, 0.6) is 0 Å². The van der Waals surface area contributed by atoms with Gasteiger partial charge in [0.1, 0.15) is 0 Å². The third kappa shape index (κ3) is 4.60. The number of halogens is 1. The Morgan fingerprint density at radius 1 is 1.18 bits per heavy atom. The fourth-order valence-corrected chi connectivity index (χ4v) is 5.85. The minimum atomic E-state index is 0. The lowest BCUT2D eigenvalue weighted by Crippen LogP contribution is -2.47. The van der Waals surface area contributed by atoms with E-state index in [1.54, 1.807) is 11.3 Å². The Kier molecular flexibility index (Phi) is 7.51. The molecule has 2 aliphatic rings. The van der Waals surface area contributed by atoms with Crippen molar-refractivity contribution in [3.8, 4) is 0 Å². The fourth-order valence-electron chi connectivity index (χ4n) is 4.99. The van der Waals surface area contributed by atoms with Crippen LogP contribution in [0, 0.1) is 0 Å². The average Bonchev–Trinajstić information content (AvgIpc) is 3.35. The molecule has 1 saturated carbocycles. The lowest BCUT2D eigenvalue weighted by Gasteiger charge is -2.46. The third-order valence-electron chi connectivity index (χ3n) is 6.45. The Bertz CT molecular complexity index is 733. The first-order valence-electron chi connectivity index (χ1n) is 10.2. The lowest BCUT2D eigenvalue weighted by atomic mass is 9.68. The number of aromatic nitrogens is 1. The second-order valence-electron chi connectivity index (χ2n) is 8.11. The van der Waals surface area contributed by atoms with E-state index in [0.29, 0.717) is 0 Å². The Labute approximate surface area is 178 Å². The molecule has 2 N–H and O–H groups in total. The highest BCUT2D eigenvalue weighted by Gasteiger charge is 2.48. The highest BCUT2D eigenvalue weighted by Crippen LogP contribution is 2.49. The maximum absolute atomic E-state index is 9.43. The van der Waals surface area contributed by atoms with Crippen LogP contribution in [-0.2, 0) is 23.3 Å². The number of pyridine rings is 1. The number of aliphatic hydroxyl groups excluding tert-OH is 1. The molecule has 1 atom stereocenters. The normalized spacial score (nSPS) is 23.6. The molecule has 0 radical (unpaired) electrons. The van der Waals surface area contributed by atoms with E-state index < -0.39 is 0 Å². The van der Waals surface area contributed by atoms with Crippen molar-refractivity contribution in [1.29, 1.82) is 0 Å². The smallest absolute Gasteiger partial charge is 0.0693 e. The van der Waals surface area contributed by atoms with Crippen LogP contribution in [-0.4, -0.2) is 28.8 Å². The monoisotopic (exact) mass is 422 g/mol. The number of hydrogen-bond donors (Lipinski definition) is 2.